The number of hydrogen-bond acceptors (Lipinski definition) is 6. The van der Waals surface area contributed by atoms with E-state index in [9.17, 15) is 19.2 Å². The first-order valence-corrected chi connectivity index (χ1v) is 12.8. The van der Waals surface area contributed by atoms with Crippen LogP contribution in [0.1, 0.15) is 36.8 Å². The van der Waals surface area contributed by atoms with Gasteiger partial charge in [-0.25, -0.2) is 0 Å². The van der Waals surface area contributed by atoms with Crippen molar-refractivity contribution in [3.05, 3.63) is 64.6 Å². The minimum Gasteiger partial charge on any atom is -0.481 e. The minimum atomic E-state index is -0.846. The van der Waals surface area contributed by atoms with Crippen molar-refractivity contribution >= 4 is 68.9 Å². The molecule has 2 aromatic carbocycles. The number of carbonyl (C=O) groups excluding carboxylic acids is 3. The van der Waals surface area contributed by atoms with Gasteiger partial charge in [0.05, 0.1) is 16.2 Å². The largest absolute Gasteiger partial charge is 0.481 e. The maximum atomic E-state index is 13.5. The number of amides is 3. The van der Waals surface area contributed by atoms with E-state index in [2.05, 4.69) is 5.32 Å². The van der Waals surface area contributed by atoms with Crippen LogP contribution in [0.3, 0.4) is 0 Å². The molecule has 3 amide bonds. The first-order valence-electron chi connectivity index (χ1n) is 11.5. The van der Waals surface area contributed by atoms with Crippen LogP contribution in [-0.4, -0.2) is 51.1 Å². The summed E-state index contributed by atoms with van der Waals surface area (Å²) in [5.41, 5.74) is 3.05. The lowest BCUT2D eigenvalue weighted by Gasteiger charge is -2.17. The Kier molecular flexibility index (Phi) is 7.85. The van der Waals surface area contributed by atoms with Gasteiger partial charge in [0.2, 0.25) is 5.91 Å². The highest BCUT2D eigenvalue weighted by Crippen LogP contribution is 2.44. The Morgan fingerprint density at radius 1 is 1.00 bits per heavy atom. The molecular weight excluding hydrogens is 498 g/mol. The average molecular weight is 524 g/mol. The molecule has 2 heterocycles. The second kappa shape index (κ2) is 11.0. The average Bonchev–Trinajstić information content (AvgIpc) is 3.25. The number of rotatable bonds is 9. The highest BCUT2D eigenvalue weighted by molar-refractivity contribution is 8.26. The number of anilines is 2. The molecule has 186 valence electrons. The Morgan fingerprint density at radius 3 is 2.53 bits per heavy atom. The van der Waals surface area contributed by atoms with Crippen molar-refractivity contribution in [1.29, 1.82) is 0 Å². The van der Waals surface area contributed by atoms with Crippen LogP contribution in [0, 0.1) is 6.92 Å². The Balaban J connectivity index is 1.52. The third kappa shape index (κ3) is 5.50. The summed E-state index contributed by atoms with van der Waals surface area (Å²) in [6.07, 6.45) is 1.87. The highest BCUT2D eigenvalue weighted by atomic mass is 32.2. The molecule has 0 saturated carbocycles. The Labute approximate surface area is 218 Å². The fourth-order valence-corrected chi connectivity index (χ4v) is 5.57. The van der Waals surface area contributed by atoms with Crippen LogP contribution in [0.15, 0.2) is 53.4 Å². The number of aliphatic carboxylic acids is 1. The second-order valence-corrected chi connectivity index (χ2v) is 10.2. The van der Waals surface area contributed by atoms with E-state index < -0.39 is 11.9 Å². The quantitative estimate of drug-likeness (QED) is 0.288. The number of aryl methyl sites for hydroxylation is 1. The lowest BCUT2D eigenvalue weighted by Crippen LogP contribution is -2.35. The van der Waals surface area contributed by atoms with Crippen LogP contribution in [0.2, 0.25) is 0 Å². The van der Waals surface area contributed by atoms with Crippen LogP contribution in [0.4, 0.5) is 11.4 Å². The molecule has 36 heavy (non-hydrogen) atoms. The molecule has 2 aliphatic heterocycles. The third-order valence-corrected chi connectivity index (χ3v) is 7.32. The summed E-state index contributed by atoms with van der Waals surface area (Å²) in [6, 6.07) is 14.5. The molecule has 2 N–H and O–H groups in total. The highest BCUT2D eigenvalue weighted by Gasteiger charge is 2.42. The molecule has 0 radical (unpaired) electrons. The standard InChI is InChI=1S/C26H25N3O5S2/c1-16-8-7-9-17(14-16)27-20(30)15-29-19-11-5-4-10-18(19)22(24(29)33)23-25(34)28(26(35)36-23)13-6-2-3-12-21(31)32/h4-5,7-11,14H,2-3,6,12-13,15H2,1H3,(H,27,30)(H,31,32)/b23-22-. The Bertz CT molecular complexity index is 1290. The predicted octanol–water partition coefficient (Wildman–Crippen LogP) is 4.20. The van der Waals surface area contributed by atoms with Crippen molar-refractivity contribution in [1.82, 2.24) is 4.90 Å². The van der Waals surface area contributed by atoms with Crippen molar-refractivity contribution in [2.24, 2.45) is 0 Å². The number of nitrogens with one attached hydrogen (secondary N) is 1. The van der Waals surface area contributed by atoms with E-state index in [1.54, 1.807) is 30.3 Å². The summed E-state index contributed by atoms with van der Waals surface area (Å²) in [7, 11) is 0. The minimum absolute atomic E-state index is 0.0843. The maximum Gasteiger partial charge on any atom is 0.303 e. The van der Waals surface area contributed by atoms with Gasteiger partial charge in [-0.15, -0.1) is 0 Å². The van der Waals surface area contributed by atoms with Crippen molar-refractivity contribution < 1.29 is 24.3 Å². The topological polar surface area (TPSA) is 107 Å². The molecule has 10 heteroatoms. The summed E-state index contributed by atoms with van der Waals surface area (Å²) in [5, 5.41) is 11.6. The number of unbranched alkanes of at least 4 members (excludes halogenated alkanes) is 2. The molecule has 2 aromatic rings. The third-order valence-electron chi connectivity index (χ3n) is 5.88. The molecule has 0 bridgehead atoms. The van der Waals surface area contributed by atoms with E-state index in [0.717, 1.165) is 17.3 Å². The Morgan fingerprint density at radius 2 is 1.78 bits per heavy atom. The molecule has 0 unspecified atom stereocenters. The fraction of sp³-hybridized carbons (Fsp3) is 0.269. The molecule has 1 saturated heterocycles. The number of fused-ring (bicyclic) bond motifs is 1. The van der Waals surface area contributed by atoms with Crippen LogP contribution in [0.25, 0.3) is 5.57 Å². The van der Waals surface area contributed by atoms with Crippen LogP contribution in [0.5, 0.6) is 0 Å². The van der Waals surface area contributed by atoms with Crippen molar-refractivity contribution in [2.45, 2.75) is 32.6 Å². The van der Waals surface area contributed by atoms with Crippen molar-refractivity contribution in [2.75, 3.05) is 23.3 Å². The zero-order valence-corrected chi connectivity index (χ0v) is 21.3. The number of carbonyl (C=O) groups is 4. The predicted molar refractivity (Wildman–Crippen MR) is 144 cm³/mol. The number of para-hydroxylation sites is 1. The van der Waals surface area contributed by atoms with Crippen LogP contribution >= 0.6 is 24.0 Å². The number of carboxylic acids is 1. The van der Waals surface area contributed by atoms with E-state index in [1.807, 2.05) is 25.1 Å². The van der Waals surface area contributed by atoms with E-state index in [4.69, 9.17) is 17.3 Å². The van der Waals surface area contributed by atoms with Gasteiger partial charge in [0.1, 0.15) is 10.9 Å². The van der Waals surface area contributed by atoms with Crippen LogP contribution in [-0.2, 0) is 19.2 Å². The molecular formula is C26H25N3O5S2. The monoisotopic (exact) mass is 523 g/mol. The molecule has 0 spiro atoms. The lowest BCUT2D eigenvalue weighted by molar-refractivity contribution is -0.137. The summed E-state index contributed by atoms with van der Waals surface area (Å²) in [6.45, 7) is 2.09. The first kappa shape index (κ1) is 25.6. The van der Waals surface area contributed by atoms with Gasteiger partial charge in [-0.05, 0) is 43.5 Å². The fourth-order valence-electron chi connectivity index (χ4n) is 4.19. The molecule has 0 aromatic heterocycles. The zero-order valence-electron chi connectivity index (χ0n) is 19.7. The van der Waals surface area contributed by atoms with Gasteiger partial charge in [-0.1, -0.05) is 60.7 Å². The van der Waals surface area contributed by atoms with Gasteiger partial charge in [-0.3, -0.25) is 29.0 Å². The van der Waals surface area contributed by atoms with Gasteiger partial charge in [0, 0.05) is 24.2 Å². The number of thioether (sulfide) groups is 1. The number of thiocarbonyl (C=S) groups is 1. The number of nitrogens with zero attached hydrogens (tertiary/aromatic N) is 2. The van der Waals surface area contributed by atoms with Crippen molar-refractivity contribution in [3.63, 3.8) is 0 Å². The van der Waals surface area contributed by atoms with Gasteiger partial charge in [0.25, 0.3) is 11.8 Å². The Hall–Kier alpha value is -3.50. The van der Waals surface area contributed by atoms with E-state index in [-0.39, 0.29) is 35.3 Å². The number of carboxylic acid groups (broad SMARTS) is 1. The van der Waals surface area contributed by atoms with Gasteiger partial charge in [-0.2, -0.15) is 0 Å². The summed E-state index contributed by atoms with van der Waals surface area (Å²) >= 11 is 6.51. The maximum absolute atomic E-state index is 13.5. The summed E-state index contributed by atoms with van der Waals surface area (Å²) < 4.78 is 0.363. The molecule has 8 nitrogen and oxygen atoms in total. The van der Waals surface area contributed by atoms with E-state index >= 15 is 0 Å². The second-order valence-electron chi connectivity index (χ2n) is 8.56. The van der Waals surface area contributed by atoms with E-state index in [1.165, 1.54) is 9.80 Å². The van der Waals surface area contributed by atoms with Gasteiger partial charge < -0.3 is 10.4 Å². The molecule has 0 atom stereocenters. The smallest absolute Gasteiger partial charge is 0.303 e. The lowest BCUT2D eigenvalue weighted by atomic mass is 10.1. The van der Waals surface area contributed by atoms with Gasteiger partial charge in [0.15, 0.2) is 0 Å². The molecule has 1 fully saturated rings. The van der Waals surface area contributed by atoms with Crippen molar-refractivity contribution in [3.8, 4) is 0 Å². The molecule has 0 aliphatic carbocycles. The molecule has 4 rings (SSSR count). The number of hydrogen-bond donors (Lipinski definition) is 2. The summed E-state index contributed by atoms with van der Waals surface area (Å²) in [4.78, 5) is 53.3. The first-order chi connectivity index (χ1) is 17.3. The van der Waals surface area contributed by atoms with Crippen LogP contribution < -0.4 is 10.2 Å². The van der Waals surface area contributed by atoms with Gasteiger partial charge >= 0.3 is 5.97 Å². The number of benzene rings is 2. The van der Waals surface area contributed by atoms with E-state index in [0.29, 0.717) is 47.1 Å². The summed E-state index contributed by atoms with van der Waals surface area (Å²) in [5.74, 6) is -1.95. The molecule has 2 aliphatic rings. The SMILES string of the molecule is Cc1cccc(NC(=O)CN2C(=O)/C(=C3\SC(=S)N(CCCCCC(=O)O)C3=O)c3ccccc32)c1. The normalized spacial score (nSPS) is 17.1. The zero-order chi connectivity index (χ0) is 25.8.